The molecule has 3 nitrogen and oxygen atoms in total. The van der Waals surface area contributed by atoms with E-state index in [9.17, 15) is 4.39 Å². The first kappa shape index (κ1) is 11.1. The fourth-order valence-corrected chi connectivity index (χ4v) is 1.71. The molecule has 84 valence electrons. The van der Waals surface area contributed by atoms with Crippen LogP contribution in [0.1, 0.15) is 5.82 Å². The van der Waals surface area contributed by atoms with Crippen LogP contribution in [0.4, 0.5) is 4.39 Å². The minimum Gasteiger partial charge on any atom is -0.396 e. The lowest BCUT2D eigenvalue weighted by Gasteiger charge is -1.98. The first-order chi connectivity index (χ1) is 7.72. The number of nitrogens with zero attached hydrogens (tertiary/aromatic N) is 1. The minimum absolute atomic E-state index is 0.0272. The third-order valence-corrected chi connectivity index (χ3v) is 2.46. The van der Waals surface area contributed by atoms with Crippen LogP contribution >= 0.6 is 11.6 Å². The molecule has 1 heterocycles. The highest BCUT2D eigenvalue weighted by molar-refractivity contribution is 6.31. The second kappa shape index (κ2) is 4.63. The summed E-state index contributed by atoms with van der Waals surface area (Å²) in [4.78, 5) is 6.94. The van der Waals surface area contributed by atoms with Crippen LogP contribution in [0.5, 0.6) is 0 Å². The van der Waals surface area contributed by atoms with Crippen LogP contribution in [0.2, 0.25) is 5.15 Å². The van der Waals surface area contributed by atoms with E-state index in [1.807, 2.05) is 0 Å². The van der Waals surface area contributed by atoms with Gasteiger partial charge in [0.05, 0.1) is 6.61 Å². The number of halogens is 2. The number of aromatic amines is 1. The Morgan fingerprint density at radius 2 is 2.12 bits per heavy atom. The van der Waals surface area contributed by atoms with Gasteiger partial charge in [-0.3, -0.25) is 0 Å². The standard InChI is InChI=1S/C11H10ClFN2O/c12-11-10(14-9(15-11)5-6-16)7-3-1-2-4-8(7)13/h1-4,16H,5-6H2,(H,14,15). The Balaban J connectivity index is 2.44. The van der Waals surface area contributed by atoms with Gasteiger partial charge in [0.2, 0.25) is 0 Å². The largest absolute Gasteiger partial charge is 0.396 e. The van der Waals surface area contributed by atoms with Crippen LogP contribution in [0.25, 0.3) is 11.3 Å². The van der Waals surface area contributed by atoms with Crippen molar-refractivity contribution < 1.29 is 9.50 Å². The van der Waals surface area contributed by atoms with Crippen molar-refractivity contribution in [3.63, 3.8) is 0 Å². The molecule has 0 aliphatic rings. The van der Waals surface area contributed by atoms with E-state index in [1.54, 1.807) is 18.2 Å². The fraction of sp³-hybridized carbons (Fsp3) is 0.182. The Bertz CT molecular complexity index is 498. The van der Waals surface area contributed by atoms with Gasteiger partial charge in [-0.15, -0.1) is 0 Å². The van der Waals surface area contributed by atoms with Crippen LogP contribution < -0.4 is 0 Å². The van der Waals surface area contributed by atoms with E-state index in [4.69, 9.17) is 16.7 Å². The Morgan fingerprint density at radius 3 is 2.81 bits per heavy atom. The number of benzene rings is 1. The highest BCUT2D eigenvalue weighted by atomic mass is 35.5. The summed E-state index contributed by atoms with van der Waals surface area (Å²) in [5.74, 6) is 0.178. The van der Waals surface area contributed by atoms with E-state index >= 15 is 0 Å². The molecule has 0 saturated carbocycles. The van der Waals surface area contributed by atoms with Gasteiger partial charge in [0, 0.05) is 12.0 Å². The van der Waals surface area contributed by atoms with E-state index in [2.05, 4.69) is 9.97 Å². The molecule has 16 heavy (non-hydrogen) atoms. The van der Waals surface area contributed by atoms with E-state index < -0.39 is 0 Å². The Morgan fingerprint density at radius 1 is 1.38 bits per heavy atom. The van der Waals surface area contributed by atoms with Crippen molar-refractivity contribution in [2.24, 2.45) is 0 Å². The molecule has 0 aliphatic carbocycles. The minimum atomic E-state index is -0.369. The van der Waals surface area contributed by atoms with Crippen LogP contribution in [-0.2, 0) is 6.42 Å². The highest BCUT2D eigenvalue weighted by Gasteiger charge is 2.13. The summed E-state index contributed by atoms with van der Waals surface area (Å²) in [6.45, 7) is -0.0272. The molecule has 0 fully saturated rings. The Hall–Kier alpha value is -1.39. The van der Waals surface area contributed by atoms with Crippen molar-refractivity contribution >= 4 is 11.6 Å². The number of hydrogen-bond acceptors (Lipinski definition) is 2. The number of nitrogens with one attached hydrogen (secondary N) is 1. The summed E-state index contributed by atoms with van der Waals surface area (Å²) < 4.78 is 13.5. The molecule has 0 aliphatic heterocycles. The van der Waals surface area contributed by atoms with Gasteiger partial charge in [0.15, 0.2) is 0 Å². The molecule has 0 radical (unpaired) electrons. The van der Waals surface area contributed by atoms with E-state index in [0.29, 0.717) is 23.5 Å². The van der Waals surface area contributed by atoms with Gasteiger partial charge in [0.1, 0.15) is 22.5 Å². The van der Waals surface area contributed by atoms with Crippen molar-refractivity contribution in [1.82, 2.24) is 9.97 Å². The maximum atomic E-state index is 13.5. The number of hydrogen-bond donors (Lipinski definition) is 2. The van der Waals surface area contributed by atoms with E-state index in [0.717, 1.165) is 0 Å². The molecular weight excluding hydrogens is 231 g/mol. The van der Waals surface area contributed by atoms with Crippen molar-refractivity contribution in [1.29, 1.82) is 0 Å². The maximum Gasteiger partial charge on any atom is 0.134 e. The zero-order valence-corrected chi connectivity index (χ0v) is 9.13. The first-order valence-electron chi connectivity index (χ1n) is 4.82. The zero-order valence-electron chi connectivity index (χ0n) is 8.37. The van der Waals surface area contributed by atoms with Crippen molar-refractivity contribution in [3.05, 3.63) is 41.1 Å². The van der Waals surface area contributed by atoms with Gasteiger partial charge >= 0.3 is 0 Å². The maximum absolute atomic E-state index is 13.5. The molecular formula is C11H10ClFN2O. The van der Waals surface area contributed by atoms with Crippen LogP contribution in [0.3, 0.4) is 0 Å². The topological polar surface area (TPSA) is 48.9 Å². The van der Waals surface area contributed by atoms with Gasteiger partial charge in [-0.05, 0) is 12.1 Å². The Kier molecular flexibility index (Phi) is 3.22. The van der Waals surface area contributed by atoms with Gasteiger partial charge in [0.25, 0.3) is 0 Å². The van der Waals surface area contributed by atoms with Crippen molar-refractivity contribution in [3.8, 4) is 11.3 Å². The lowest BCUT2D eigenvalue weighted by molar-refractivity contribution is 0.297. The first-order valence-corrected chi connectivity index (χ1v) is 5.20. The van der Waals surface area contributed by atoms with Crippen LogP contribution in [-0.4, -0.2) is 21.7 Å². The summed E-state index contributed by atoms with van der Waals surface area (Å²) in [7, 11) is 0. The molecule has 0 amide bonds. The second-order valence-corrected chi connectivity index (χ2v) is 3.68. The van der Waals surface area contributed by atoms with Crippen LogP contribution in [0, 0.1) is 5.82 Å². The summed E-state index contributed by atoms with van der Waals surface area (Å²) in [5, 5.41) is 9.05. The Labute approximate surface area is 96.9 Å². The second-order valence-electron chi connectivity index (χ2n) is 3.30. The number of aliphatic hydroxyl groups excluding tert-OH is 1. The summed E-state index contributed by atoms with van der Waals surface area (Å²) in [6.07, 6.45) is 0.369. The fourth-order valence-electron chi connectivity index (χ4n) is 1.45. The summed E-state index contributed by atoms with van der Waals surface area (Å²) in [6, 6.07) is 6.29. The monoisotopic (exact) mass is 240 g/mol. The van der Waals surface area contributed by atoms with E-state index in [-0.39, 0.29) is 17.6 Å². The molecule has 2 N–H and O–H groups in total. The predicted octanol–water partition coefficient (Wildman–Crippen LogP) is 2.40. The molecule has 1 aromatic heterocycles. The third kappa shape index (κ3) is 2.08. The molecule has 2 rings (SSSR count). The van der Waals surface area contributed by atoms with Gasteiger partial charge in [-0.2, -0.15) is 0 Å². The van der Waals surface area contributed by atoms with E-state index in [1.165, 1.54) is 6.07 Å². The number of imidazole rings is 1. The molecule has 5 heteroatoms. The smallest absolute Gasteiger partial charge is 0.134 e. The van der Waals surface area contributed by atoms with Crippen molar-refractivity contribution in [2.45, 2.75) is 6.42 Å². The number of aliphatic hydroxyl groups is 1. The molecule has 0 spiro atoms. The number of rotatable bonds is 3. The van der Waals surface area contributed by atoms with Gasteiger partial charge in [-0.25, -0.2) is 9.37 Å². The van der Waals surface area contributed by atoms with Crippen LogP contribution in [0.15, 0.2) is 24.3 Å². The zero-order chi connectivity index (χ0) is 11.5. The molecule has 0 atom stereocenters. The molecule has 0 saturated heterocycles. The normalized spacial score (nSPS) is 10.7. The lowest BCUT2D eigenvalue weighted by atomic mass is 10.1. The van der Waals surface area contributed by atoms with Gasteiger partial charge < -0.3 is 10.1 Å². The summed E-state index contributed by atoms with van der Waals surface area (Å²) in [5.41, 5.74) is 0.733. The summed E-state index contributed by atoms with van der Waals surface area (Å²) >= 11 is 5.92. The molecule has 0 unspecified atom stereocenters. The number of aromatic nitrogens is 2. The highest BCUT2D eigenvalue weighted by Crippen LogP contribution is 2.27. The average Bonchev–Trinajstić information content (AvgIpc) is 2.61. The van der Waals surface area contributed by atoms with Crippen molar-refractivity contribution in [2.75, 3.05) is 6.61 Å². The predicted molar refractivity (Wildman–Crippen MR) is 59.8 cm³/mol. The molecule has 0 bridgehead atoms. The lowest BCUT2D eigenvalue weighted by Crippen LogP contribution is -1.92. The molecule has 2 aromatic rings. The number of H-pyrrole nitrogens is 1. The molecule has 1 aromatic carbocycles. The average molecular weight is 241 g/mol. The SMILES string of the molecule is OCCc1nc(-c2ccccc2F)c(Cl)[nH]1. The third-order valence-electron chi connectivity index (χ3n) is 2.19. The quantitative estimate of drug-likeness (QED) is 0.866. The van der Waals surface area contributed by atoms with Gasteiger partial charge in [-0.1, -0.05) is 23.7 Å².